The molecule has 5 rings (SSSR count). The summed E-state index contributed by atoms with van der Waals surface area (Å²) in [5.74, 6) is -0.197. The van der Waals surface area contributed by atoms with Gasteiger partial charge >= 0.3 is 0 Å². The fraction of sp³-hybridized carbons (Fsp3) is 0.333. The minimum Gasteiger partial charge on any atom is -0.387 e. The lowest BCUT2D eigenvalue weighted by molar-refractivity contribution is -0.137. The van der Waals surface area contributed by atoms with Crippen molar-refractivity contribution in [1.82, 2.24) is 29.6 Å². The quantitative estimate of drug-likeness (QED) is 0.320. The van der Waals surface area contributed by atoms with Crippen molar-refractivity contribution in [2.24, 2.45) is 7.05 Å². The van der Waals surface area contributed by atoms with Gasteiger partial charge in [0.15, 0.2) is 12.3 Å². The number of aliphatic hydroxyl groups excluding tert-OH is 2. The van der Waals surface area contributed by atoms with Crippen LogP contribution in [0.4, 0.5) is 5.82 Å². The first-order valence-corrected chi connectivity index (χ1v) is 11.3. The smallest absolute Gasteiger partial charge is 0.252 e. The van der Waals surface area contributed by atoms with E-state index in [0.29, 0.717) is 28.8 Å². The SMILES string of the molecule is CC(CNC(=O)[C@H]1O[C@@H](n2cc(-c3ccn(C)n3)c3c(N)ncnc32)[C@H](O)[C@@H]1O)c1ccccc1. The number of benzene rings is 1. The number of nitrogens with two attached hydrogens (primary N) is 1. The van der Waals surface area contributed by atoms with Gasteiger partial charge in [-0.25, -0.2) is 9.97 Å². The maximum Gasteiger partial charge on any atom is 0.252 e. The Hall–Kier alpha value is -3.80. The van der Waals surface area contributed by atoms with Gasteiger partial charge in [0.2, 0.25) is 0 Å². The molecule has 1 unspecified atom stereocenters. The van der Waals surface area contributed by atoms with Crippen LogP contribution >= 0.6 is 0 Å². The monoisotopic (exact) mass is 477 g/mol. The number of aryl methyl sites for hydroxylation is 1. The topological polar surface area (TPSA) is 153 Å². The van der Waals surface area contributed by atoms with Crippen molar-refractivity contribution in [3.63, 3.8) is 0 Å². The average molecular weight is 478 g/mol. The average Bonchev–Trinajstić information content (AvgIpc) is 3.54. The number of carbonyl (C=O) groups excluding carboxylic acids is 1. The van der Waals surface area contributed by atoms with Gasteiger partial charge in [0.1, 0.15) is 30.0 Å². The summed E-state index contributed by atoms with van der Waals surface area (Å²) in [6, 6.07) is 11.6. The number of fused-ring (bicyclic) bond motifs is 1. The number of amides is 1. The summed E-state index contributed by atoms with van der Waals surface area (Å²) in [7, 11) is 1.80. The van der Waals surface area contributed by atoms with E-state index in [-0.39, 0.29) is 11.7 Å². The fourth-order valence-electron chi connectivity index (χ4n) is 4.41. The van der Waals surface area contributed by atoms with Crippen LogP contribution in [0.5, 0.6) is 0 Å². The minimum atomic E-state index is -1.43. The van der Waals surface area contributed by atoms with Crippen LogP contribution in [-0.2, 0) is 16.6 Å². The van der Waals surface area contributed by atoms with Gasteiger partial charge in [0.25, 0.3) is 5.91 Å². The van der Waals surface area contributed by atoms with E-state index in [1.807, 2.05) is 43.3 Å². The molecule has 35 heavy (non-hydrogen) atoms. The van der Waals surface area contributed by atoms with Crippen LogP contribution in [0.3, 0.4) is 0 Å². The Labute approximate surface area is 201 Å². The number of rotatable bonds is 6. The maximum atomic E-state index is 12.9. The molecule has 11 nitrogen and oxygen atoms in total. The summed E-state index contributed by atoms with van der Waals surface area (Å²) in [5.41, 5.74) is 8.91. The van der Waals surface area contributed by atoms with Crippen LogP contribution < -0.4 is 11.1 Å². The number of aromatic nitrogens is 5. The largest absolute Gasteiger partial charge is 0.387 e. The van der Waals surface area contributed by atoms with Gasteiger partial charge < -0.3 is 30.6 Å². The highest BCUT2D eigenvalue weighted by Gasteiger charge is 2.48. The third kappa shape index (κ3) is 4.14. The van der Waals surface area contributed by atoms with Crippen molar-refractivity contribution in [2.75, 3.05) is 12.3 Å². The van der Waals surface area contributed by atoms with Crippen molar-refractivity contribution in [3.8, 4) is 11.3 Å². The van der Waals surface area contributed by atoms with Crippen LogP contribution in [0.25, 0.3) is 22.3 Å². The molecule has 1 aliphatic heterocycles. The zero-order chi connectivity index (χ0) is 24.7. The van der Waals surface area contributed by atoms with E-state index in [0.717, 1.165) is 5.56 Å². The van der Waals surface area contributed by atoms with Crippen LogP contribution in [0, 0.1) is 0 Å². The number of nitrogen functional groups attached to an aromatic ring is 1. The van der Waals surface area contributed by atoms with Gasteiger partial charge in [-0.2, -0.15) is 5.10 Å². The second-order valence-electron chi connectivity index (χ2n) is 8.77. The predicted molar refractivity (Wildman–Crippen MR) is 128 cm³/mol. The Morgan fingerprint density at radius 2 is 1.97 bits per heavy atom. The molecule has 0 saturated carbocycles. The molecule has 11 heteroatoms. The first-order valence-electron chi connectivity index (χ1n) is 11.3. The molecule has 0 spiro atoms. The summed E-state index contributed by atoms with van der Waals surface area (Å²) in [4.78, 5) is 21.3. The van der Waals surface area contributed by atoms with Gasteiger partial charge in [-0.3, -0.25) is 9.48 Å². The van der Waals surface area contributed by atoms with Crippen LogP contribution in [0.15, 0.2) is 55.1 Å². The van der Waals surface area contributed by atoms with E-state index in [2.05, 4.69) is 20.4 Å². The van der Waals surface area contributed by atoms with Crippen molar-refractivity contribution in [1.29, 1.82) is 0 Å². The minimum absolute atomic E-state index is 0.0633. The van der Waals surface area contributed by atoms with E-state index in [9.17, 15) is 15.0 Å². The lowest BCUT2D eigenvalue weighted by atomic mass is 10.0. The zero-order valence-electron chi connectivity index (χ0n) is 19.3. The molecule has 3 aromatic heterocycles. The summed E-state index contributed by atoms with van der Waals surface area (Å²) in [5, 5.41) is 29.3. The number of ether oxygens (including phenoxy) is 1. The van der Waals surface area contributed by atoms with Gasteiger partial charge in [0.05, 0.1) is 11.1 Å². The van der Waals surface area contributed by atoms with E-state index < -0.39 is 30.4 Å². The molecule has 0 bridgehead atoms. The third-order valence-electron chi connectivity index (χ3n) is 6.35. The van der Waals surface area contributed by atoms with E-state index in [4.69, 9.17) is 10.5 Å². The highest BCUT2D eigenvalue weighted by molar-refractivity contribution is 5.99. The number of carbonyl (C=O) groups is 1. The first-order chi connectivity index (χ1) is 16.8. The Balaban J connectivity index is 1.40. The molecule has 4 heterocycles. The lowest BCUT2D eigenvalue weighted by Gasteiger charge is -2.18. The molecule has 5 N–H and O–H groups in total. The van der Waals surface area contributed by atoms with E-state index in [1.54, 1.807) is 28.7 Å². The number of anilines is 1. The van der Waals surface area contributed by atoms with Gasteiger partial charge in [-0.1, -0.05) is 37.3 Å². The fourth-order valence-corrected chi connectivity index (χ4v) is 4.41. The molecular formula is C24H27N7O4. The third-order valence-corrected chi connectivity index (χ3v) is 6.35. The summed E-state index contributed by atoms with van der Waals surface area (Å²) in [6.45, 7) is 2.35. The Morgan fingerprint density at radius 1 is 1.20 bits per heavy atom. The van der Waals surface area contributed by atoms with Crippen LogP contribution in [0.1, 0.15) is 24.6 Å². The molecular weight excluding hydrogens is 450 g/mol. The van der Waals surface area contributed by atoms with E-state index >= 15 is 0 Å². The number of hydrogen-bond donors (Lipinski definition) is 4. The maximum absolute atomic E-state index is 12.9. The summed E-state index contributed by atoms with van der Waals surface area (Å²) >= 11 is 0. The molecule has 1 fully saturated rings. The molecule has 0 aliphatic carbocycles. The molecule has 182 valence electrons. The molecule has 5 atom stereocenters. The van der Waals surface area contributed by atoms with Crippen molar-refractivity contribution >= 4 is 22.8 Å². The van der Waals surface area contributed by atoms with Crippen LogP contribution in [0.2, 0.25) is 0 Å². The highest BCUT2D eigenvalue weighted by atomic mass is 16.6. The van der Waals surface area contributed by atoms with Crippen molar-refractivity contribution in [3.05, 3.63) is 60.7 Å². The molecule has 1 amide bonds. The summed E-state index contributed by atoms with van der Waals surface area (Å²) < 4.78 is 9.11. The van der Waals surface area contributed by atoms with Crippen molar-refractivity contribution < 1.29 is 19.7 Å². The Bertz CT molecular complexity index is 1350. The second kappa shape index (κ2) is 9.10. The Morgan fingerprint density at radius 3 is 2.69 bits per heavy atom. The standard InChI is InChI=1S/C24H27N7O4/c1-13(14-6-4-3-5-7-14)10-26-23(34)20-18(32)19(33)24(35-20)31-11-15(16-8-9-30(2)29-16)17-21(25)27-12-28-22(17)31/h3-9,11-13,18-20,24,32-33H,10H2,1-2H3,(H,26,34)(H2,25,27,28)/t13?,18-,19+,20-,24+/m0/s1. The Kier molecular flexibility index (Phi) is 5.97. The molecule has 0 radical (unpaired) electrons. The van der Waals surface area contributed by atoms with Crippen LogP contribution in [-0.4, -0.2) is 65.3 Å². The van der Waals surface area contributed by atoms with Crippen molar-refractivity contribution in [2.45, 2.75) is 37.4 Å². The molecule has 4 aromatic rings. The lowest BCUT2D eigenvalue weighted by Crippen LogP contribution is -2.43. The number of nitrogens with one attached hydrogen (secondary N) is 1. The number of hydrogen-bond acceptors (Lipinski definition) is 8. The van der Waals surface area contributed by atoms with Gasteiger partial charge in [-0.15, -0.1) is 0 Å². The molecule has 1 aromatic carbocycles. The van der Waals surface area contributed by atoms with Gasteiger partial charge in [-0.05, 0) is 17.5 Å². The number of nitrogens with zero attached hydrogens (tertiary/aromatic N) is 5. The summed E-state index contributed by atoms with van der Waals surface area (Å²) in [6.07, 6.45) is -0.336. The zero-order valence-corrected chi connectivity index (χ0v) is 19.3. The molecule has 1 aliphatic rings. The first kappa shape index (κ1) is 23.0. The highest BCUT2D eigenvalue weighted by Crippen LogP contribution is 2.38. The second-order valence-corrected chi connectivity index (χ2v) is 8.77. The van der Waals surface area contributed by atoms with Gasteiger partial charge in [0, 0.05) is 31.5 Å². The predicted octanol–water partition coefficient (Wildman–Crippen LogP) is 0.953. The normalized spacial score (nSPS) is 23.0. The van der Waals surface area contributed by atoms with E-state index in [1.165, 1.54) is 6.33 Å². The molecule has 1 saturated heterocycles. The number of aliphatic hydroxyl groups is 2.